The van der Waals surface area contributed by atoms with E-state index in [1.807, 2.05) is 44.2 Å². The van der Waals surface area contributed by atoms with E-state index in [9.17, 15) is 22.8 Å². The molecule has 0 spiro atoms. The Hall–Kier alpha value is -4.81. The van der Waals surface area contributed by atoms with Crippen LogP contribution in [0.4, 0.5) is 13.2 Å². The molecule has 0 fully saturated rings. The van der Waals surface area contributed by atoms with Crippen LogP contribution in [0.25, 0.3) is 28.3 Å². The number of unbranched alkanes of at least 4 members (excludes halogenated alkanes) is 1. The van der Waals surface area contributed by atoms with E-state index in [1.54, 1.807) is 18.5 Å². The second-order valence-electron chi connectivity index (χ2n) is 9.86. The first-order valence-electron chi connectivity index (χ1n) is 13.6. The van der Waals surface area contributed by atoms with E-state index in [0.29, 0.717) is 36.6 Å². The Morgan fingerprint density at radius 2 is 1.81 bits per heavy atom. The van der Waals surface area contributed by atoms with Crippen LogP contribution in [0.1, 0.15) is 54.9 Å². The largest absolute Gasteiger partial charge is 0.455 e. The topological polar surface area (TPSA) is 116 Å². The van der Waals surface area contributed by atoms with Gasteiger partial charge in [0.05, 0.1) is 17.8 Å². The van der Waals surface area contributed by atoms with Crippen molar-refractivity contribution in [3.05, 3.63) is 88.5 Å². The fraction of sp³-hybridized carbons (Fsp3) is 0.310. The number of hydrogen-bond donors (Lipinski definition) is 1. The van der Waals surface area contributed by atoms with Gasteiger partial charge < -0.3 is 4.57 Å². The van der Waals surface area contributed by atoms with E-state index in [2.05, 4.69) is 25.6 Å². The van der Waals surface area contributed by atoms with Crippen LogP contribution in [0, 0.1) is 0 Å². The lowest BCUT2D eigenvalue weighted by Crippen LogP contribution is -2.29. The molecule has 1 aromatic carbocycles. The summed E-state index contributed by atoms with van der Waals surface area (Å²) in [7, 11) is 0. The van der Waals surface area contributed by atoms with E-state index in [0.717, 1.165) is 40.2 Å². The van der Waals surface area contributed by atoms with E-state index in [1.165, 1.54) is 15.3 Å². The molecule has 42 heavy (non-hydrogen) atoms. The van der Waals surface area contributed by atoms with Crippen molar-refractivity contribution in [1.82, 2.24) is 39.3 Å². The molecule has 0 saturated heterocycles. The van der Waals surface area contributed by atoms with Crippen LogP contribution < -0.4 is 5.69 Å². The standard InChI is InChI=1S/C29H29F3N8O2/c1-3-5-8-21-18-40(27-24(25(41)29(30,31)32)13-15-38(27)14-4-2)28(42)39(21)17-20-12-11-19(16-33-20)22-9-6-7-10-23(22)26-34-36-37-35-26/h6-7,9-13,15-16,18H,3-5,8,14,17H2,1-2H3,(H,34,35,36,37). The summed E-state index contributed by atoms with van der Waals surface area (Å²) in [6, 6.07) is 12.4. The maximum absolute atomic E-state index is 13.8. The average molecular weight is 579 g/mol. The van der Waals surface area contributed by atoms with Crippen molar-refractivity contribution in [2.45, 2.75) is 58.8 Å². The van der Waals surface area contributed by atoms with Gasteiger partial charge in [-0.2, -0.15) is 18.4 Å². The van der Waals surface area contributed by atoms with Crippen LogP contribution in [-0.4, -0.2) is 51.3 Å². The number of benzene rings is 1. The lowest BCUT2D eigenvalue weighted by molar-refractivity contribution is -0.0885. The molecule has 0 aliphatic carbocycles. The highest BCUT2D eigenvalue weighted by molar-refractivity contribution is 6.03. The molecule has 0 amide bonds. The van der Waals surface area contributed by atoms with Crippen molar-refractivity contribution >= 4 is 5.78 Å². The summed E-state index contributed by atoms with van der Waals surface area (Å²) >= 11 is 0. The number of ketones is 1. The number of carbonyl (C=O) groups is 1. The number of rotatable bonds is 11. The Labute approximate surface area is 238 Å². The molecule has 0 bridgehead atoms. The van der Waals surface area contributed by atoms with Gasteiger partial charge in [-0.25, -0.2) is 4.79 Å². The summed E-state index contributed by atoms with van der Waals surface area (Å²) in [6.07, 6.45) is 2.34. The smallest absolute Gasteiger partial charge is 0.333 e. The van der Waals surface area contributed by atoms with Gasteiger partial charge in [0, 0.05) is 42.0 Å². The molecule has 5 rings (SSSR count). The molecule has 0 radical (unpaired) electrons. The highest BCUT2D eigenvalue weighted by Gasteiger charge is 2.42. The molecule has 0 atom stereocenters. The van der Waals surface area contributed by atoms with Crippen molar-refractivity contribution < 1.29 is 18.0 Å². The number of hydrogen-bond acceptors (Lipinski definition) is 6. The summed E-state index contributed by atoms with van der Waals surface area (Å²) in [5.41, 5.74) is 2.57. The Morgan fingerprint density at radius 1 is 1.02 bits per heavy atom. The molecule has 0 aliphatic heterocycles. The van der Waals surface area contributed by atoms with Crippen molar-refractivity contribution in [3.8, 4) is 28.3 Å². The van der Waals surface area contributed by atoms with Crippen LogP contribution >= 0.6 is 0 Å². The van der Waals surface area contributed by atoms with E-state index in [-0.39, 0.29) is 12.4 Å². The van der Waals surface area contributed by atoms with Crippen molar-refractivity contribution in [2.75, 3.05) is 0 Å². The van der Waals surface area contributed by atoms with Gasteiger partial charge in [0.1, 0.15) is 5.82 Å². The quantitative estimate of drug-likeness (QED) is 0.215. The third-order valence-electron chi connectivity index (χ3n) is 6.95. The van der Waals surface area contributed by atoms with Crippen LogP contribution in [0.2, 0.25) is 0 Å². The summed E-state index contributed by atoms with van der Waals surface area (Å²) in [5.74, 6) is -1.62. The molecule has 10 nitrogen and oxygen atoms in total. The van der Waals surface area contributed by atoms with E-state index < -0.39 is 23.2 Å². The van der Waals surface area contributed by atoms with Gasteiger partial charge in [0.15, 0.2) is 0 Å². The SMILES string of the molecule is CCCCc1cn(-c2c(C(=O)C(F)(F)F)ccn2CCC)c(=O)n1Cc1ccc(-c2ccccc2-c2nn[nH]n2)cn1. The Morgan fingerprint density at radius 3 is 2.45 bits per heavy atom. The lowest BCUT2D eigenvalue weighted by atomic mass is 10.0. The first-order chi connectivity index (χ1) is 20.2. The number of aryl methyl sites for hydroxylation is 2. The number of nitrogens with one attached hydrogen (secondary N) is 1. The van der Waals surface area contributed by atoms with Crippen LogP contribution in [0.5, 0.6) is 0 Å². The molecule has 0 aliphatic rings. The van der Waals surface area contributed by atoms with E-state index in [4.69, 9.17) is 0 Å². The number of halogens is 3. The Bertz CT molecular complexity index is 1730. The van der Waals surface area contributed by atoms with Gasteiger partial charge in [0.25, 0.3) is 5.78 Å². The fourth-order valence-corrected chi connectivity index (χ4v) is 4.93. The molecule has 0 unspecified atom stereocenters. The zero-order valence-electron chi connectivity index (χ0n) is 23.1. The molecule has 0 saturated carbocycles. The van der Waals surface area contributed by atoms with Gasteiger partial charge in [-0.1, -0.05) is 50.6 Å². The molecule has 4 aromatic heterocycles. The summed E-state index contributed by atoms with van der Waals surface area (Å²) in [6.45, 7) is 4.33. The maximum atomic E-state index is 13.8. The van der Waals surface area contributed by atoms with Gasteiger partial charge >= 0.3 is 11.9 Å². The monoisotopic (exact) mass is 578 g/mol. The van der Waals surface area contributed by atoms with Crippen LogP contribution in [0.3, 0.4) is 0 Å². The molecule has 13 heteroatoms. The zero-order chi connectivity index (χ0) is 29.9. The van der Waals surface area contributed by atoms with Crippen molar-refractivity contribution in [3.63, 3.8) is 0 Å². The third kappa shape index (κ3) is 5.67. The van der Waals surface area contributed by atoms with Crippen molar-refractivity contribution in [1.29, 1.82) is 0 Å². The number of aromatic amines is 1. The minimum atomic E-state index is -5.07. The predicted molar refractivity (Wildman–Crippen MR) is 149 cm³/mol. The summed E-state index contributed by atoms with van der Waals surface area (Å²) < 4.78 is 44.5. The number of Topliss-reactive ketones (excluding diaryl/α,β-unsaturated/α-hetero) is 1. The number of carbonyl (C=O) groups excluding carboxylic acids is 1. The fourth-order valence-electron chi connectivity index (χ4n) is 4.93. The zero-order valence-corrected chi connectivity index (χ0v) is 23.1. The molecule has 218 valence electrons. The Balaban J connectivity index is 1.53. The minimum Gasteiger partial charge on any atom is -0.333 e. The van der Waals surface area contributed by atoms with Crippen molar-refractivity contribution in [2.24, 2.45) is 0 Å². The number of aromatic nitrogens is 8. The number of imidazole rings is 1. The summed E-state index contributed by atoms with van der Waals surface area (Å²) in [4.78, 5) is 30.7. The highest BCUT2D eigenvalue weighted by Crippen LogP contribution is 2.30. The third-order valence-corrected chi connectivity index (χ3v) is 6.95. The molecular formula is C29H29F3N8O2. The number of tetrazole rings is 1. The van der Waals surface area contributed by atoms with Crippen LogP contribution in [0.15, 0.2) is 65.8 Å². The van der Waals surface area contributed by atoms with Gasteiger partial charge in [0.2, 0.25) is 5.82 Å². The predicted octanol–water partition coefficient (Wildman–Crippen LogP) is 5.23. The first kappa shape index (κ1) is 28.7. The molecule has 4 heterocycles. The second-order valence-corrected chi connectivity index (χ2v) is 9.86. The number of alkyl halides is 3. The number of nitrogens with zero attached hydrogens (tertiary/aromatic N) is 7. The maximum Gasteiger partial charge on any atom is 0.455 e. The van der Waals surface area contributed by atoms with Gasteiger partial charge in [-0.15, -0.1) is 10.2 Å². The highest BCUT2D eigenvalue weighted by atomic mass is 19.4. The molecule has 5 aromatic rings. The Kier molecular flexibility index (Phi) is 8.18. The van der Waals surface area contributed by atoms with Gasteiger partial charge in [-0.05, 0) is 42.2 Å². The van der Waals surface area contributed by atoms with E-state index >= 15 is 0 Å². The lowest BCUT2D eigenvalue weighted by Gasteiger charge is -2.12. The number of H-pyrrole nitrogens is 1. The van der Waals surface area contributed by atoms with Crippen LogP contribution in [-0.2, 0) is 19.5 Å². The normalized spacial score (nSPS) is 11.7. The van der Waals surface area contributed by atoms with Gasteiger partial charge in [-0.3, -0.25) is 18.9 Å². The molecule has 1 N–H and O–H groups in total. The summed E-state index contributed by atoms with van der Waals surface area (Å²) in [5, 5.41) is 14.2. The minimum absolute atomic E-state index is 0.0814. The second kappa shape index (κ2) is 12.0. The average Bonchev–Trinajstić information content (AvgIpc) is 3.72. The number of pyridine rings is 1. The first-order valence-corrected chi connectivity index (χ1v) is 13.6. The molecular weight excluding hydrogens is 549 g/mol.